The van der Waals surface area contributed by atoms with Crippen molar-refractivity contribution in [3.05, 3.63) is 71.8 Å². The summed E-state index contributed by atoms with van der Waals surface area (Å²) in [7, 11) is 1.65. The van der Waals surface area contributed by atoms with Gasteiger partial charge in [-0.2, -0.15) is 0 Å². The highest BCUT2D eigenvalue weighted by molar-refractivity contribution is 6.03. The van der Waals surface area contributed by atoms with E-state index in [-0.39, 0.29) is 11.8 Å². The second kappa shape index (κ2) is 6.57. The van der Waals surface area contributed by atoms with Crippen LogP contribution < -0.4 is 9.64 Å². The summed E-state index contributed by atoms with van der Waals surface area (Å²) in [5.41, 5.74) is 3.19. The molecule has 0 fully saturated rings. The molecule has 0 saturated carbocycles. The molecule has 0 aromatic heterocycles. The molecule has 26 heavy (non-hydrogen) atoms. The average molecular weight is 341 g/mol. The van der Waals surface area contributed by atoms with Gasteiger partial charge in [0.15, 0.2) is 0 Å². The summed E-state index contributed by atoms with van der Waals surface area (Å²) < 4.78 is 5.27. The van der Waals surface area contributed by atoms with Crippen molar-refractivity contribution < 1.29 is 9.53 Å². The molecule has 1 heterocycles. The number of rotatable bonds is 3. The van der Waals surface area contributed by atoms with E-state index in [9.17, 15) is 4.79 Å². The largest absolute Gasteiger partial charge is 0.497 e. The number of methoxy groups -OCH3 is 1. The maximum absolute atomic E-state index is 12.8. The van der Waals surface area contributed by atoms with Gasteiger partial charge in [0.25, 0.3) is 0 Å². The van der Waals surface area contributed by atoms with Crippen LogP contribution in [-0.2, 0) is 4.79 Å². The van der Waals surface area contributed by atoms with E-state index in [4.69, 9.17) is 11.2 Å². The number of carbonyl (C=O) groups excluding carboxylic acids is 1. The van der Waals surface area contributed by atoms with Crippen molar-refractivity contribution >= 4 is 22.4 Å². The normalized spacial score (nSPS) is 16.2. The van der Waals surface area contributed by atoms with Crippen LogP contribution in [0.1, 0.15) is 23.5 Å². The first kappa shape index (κ1) is 16.2. The maximum Gasteiger partial charge on any atom is 0.228 e. The molecule has 0 N–H and O–H groups in total. The Morgan fingerprint density at radius 2 is 1.88 bits per heavy atom. The molecule has 1 atom stereocenters. The van der Waals surface area contributed by atoms with Crippen LogP contribution in [0.25, 0.3) is 10.8 Å². The number of anilines is 1. The monoisotopic (exact) mass is 341 g/mol. The number of nitrogens with zero attached hydrogens (tertiary/aromatic N) is 1. The van der Waals surface area contributed by atoms with Crippen LogP contribution in [0, 0.1) is 12.3 Å². The van der Waals surface area contributed by atoms with E-state index < -0.39 is 0 Å². The molecule has 3 aromatic rings. The highest BCUT2D eigenvalue weighted by Gasteiger charge is 2.33. The quantitative estimate of drug-likeness (QED) is 0.663. The number of amides is 1. The van der Waals surface area contributed by atoms with Gasteiger partial charge in [-0.1, -0.05) is 48.4 Å². The molecule has 1 aliphatic heterocycles. The van der Waals surface area contributed by atoms with Crippen LogP contribution >= 0.6 is 0 Å². The fourth-order valence-electron chi connectivity index (χ4n) is 3.79. The van der Waals surface area contributed by atoms with Gasteiger partial charge in [-0.3, -0.25) is 4.79 Å². The first-order valence-electron chi connectivity index (χ1n) is 8.62. The number of hydrogen-bond donors (Lipinski definition) is 0. The van der Waals surface area contributed by atoms with E-state index in [2.05, 4.69) is 24.1 Å². The van der Waals surface area contributed by atoms with Gasteiger partial charge in [-0.15, -0.1) is 6.42 Å². The molecule has 3 heteroatoms. The van der Waals surface area contributed by atoms with E-state index in [1.54, 1.807) is 12.0 Å². The molecule has 128 valence electrons. The minimum atomic E-state index is 0.00327. The minimum absolute atomic E-state index is 0.00327. The lowest BCUT2D eigenvalue weighted by molar-refractivity contribution is -0.119. The van der Waals surface area contributed by atoms with Crippen LogP contribution in [0.4, 0.5) is 5.69 Å². The van der Waals surface area contributed by atoms with Crippen molar-refractivity contribution in [3.63, 3.8) is 0 Å². The molecule has 1 aliphatic rings. The molecule has 0 bridgehead atoms. The number of benzene rings is 3. The Bertz CT molecular complexity index is 1010. The first-order chi connectivity index (χ1) is 12.7. The van der Waals surface area contributed by atoms with Gasteiger partial charge >= 0.3 is 0 Å². The number of carbonyl (C=O) groups is 1. The third kappa shape index (κ3) is 2.60. The van der Waals surface area contributed by atoms with Crippen LogP contribution in [-0.4, -0.2) is 19.6 Å². The van der Waals surface area contributed by atoms with Crippen molar-refractivity contribution in [1.82, 2.24) is 0 Å². The standard InChI is InChI=1S/C23H19NO2/c1-3-14-24-21-13-10-16-6-4-5-7-19(16)23(21)20(15-22(24)25)17-8-11-18(26-2)12-9-17/h1,4-13,20H,14-15H2,2H3. The number of fused-ring (bicyclic) bond motifs is 3. The topological polar surface area (TPSA) is 29.5 Å². The van der Waals surface area contributed by atoms with E-state index in [0.29, 0.717) is 13.0 Å². The van der Waals surface area contributed by atoms with Gasteiger partial charge in [-0.25, -0.2) is 0 Å². The Labute approximate surface area is 153 Å². The second-order valence-electron chi connectivity index (χ2n) is 6.43. The summed E-state index contributed by atoms with van der Waals surface area (Å²) in [6.07, 6.45) is 5.92. The summed E-state index contributed by atoms with van der Waals surface area (Å²) in [5.74, 6) is 3.49. The van der Waals surface area contributed by atoms with Crippen LogP contribution in [0.15, 0.2) is 60.7 Å². The molecule has 3 aromatic carbocycles. The Hall–Kier alpha value is -3.25. The summed E-state index contributed by atoms with van der Waals surface area (Å²) in [6.45, 7) is 0.291. The SMILES string of the molecule is C#CCN1C(=O)CC(c2ccc(OC)cc2)c2c1ccc1ccccc21. The van der Waals surface area contributed by atoms with Crippen LogP contribution in [0.5, 0.6) is 5.75 Å². The van der Waals surface area contributed by atoms with Gasteiger partial charge < -0.3 is 9.64 Å². The average Bonchev–Trinajstić information content (AvgIpc) is 2.69. The highest BCUT2D eigenvalue weighted by Crippen LogP contribution is 2.44. The zero-order valence-electron chi connectivity index (χ0n) is 14.6. The molecule has 0 radical (unpaired) electrons. The van der Waals surface area contributed by atoms with Crippen molar-refractivity contribution in [2.45, 2.75) is 12.3 Å². The molecule has 1 unspecified atom stereocenters. The maximum atomic E-state index is 12.8. The van der Waals surface area contributed by atoms with Crippen molar-refractivity contribution in [2.75, 3.05) is 18.6 Å². The lowest BCUT2D eigenvalue weighted by Crippen LogP contribution is -2.37. The lowest BCUT2D eigenvalue weighted by atomic mass is 9.81. The van der Waals surface area contributed by atoms with Gasteiger partial charge in [0, 0.05) is 18.0 Å². The zero-order chi connectivity index (χ0) is 18.1. The van der Waals surface area contributed by atoms with E-state index in [1.165, 1.54) is 16.3 Å². The van der Waals surface area contributed by atoms with E-state index in [1.807, 2.05) is 42.5 Å². The molecular formula is C23H19NO2. The molecular weight excluding hydrogens is 322 g/mol. The smallest absolute Gasteiger partial charge is 0.228 e. The fourth-order valence-corrected chi connectivity index (χ4v) is 3.79. The van der Waals surface area contributed by atoms with Gasteiger partial charge in [0.2, 0.25) is 5.91 Å². The predicted molar refractivity (Wildman–Crippen MR) is 105 cm³/mol. The van der Waals surface area contributed by atoms with Crippen LogP contribution in [0.3, 0.4) is 0 Å². The van der Waals surface area contributed by atoms with E-state index in [0.717, 1.165) is 17.0 Å². The lowest BCUT2D eigenvalue weighted by Gasteiger charge is -2.34. The molecule has 4 rings (SSSR count). The van der Waals surface area contributed by atoms with Crippen molar-refractivity contribution in [1.29, 1.82) is 0 Å². The molecule has 1 amide bonds. The Morgan fingerprint density at radius 1 is 1.12 bits per heavy atom. The third-order valence-corrected chi connectivity index (χ3v) is 5.03. The van der Waals surface area contributed by atoms with Gasteiger partial charge in [0.1, 0.15) is 5.75 Å². The Kier molecular flexibility index (Phi) is 4.10. The predicted octanol–water partition coefficient (Wildman–Crippen LogP) is 4.35. The summed E-state index contributed by atoms with van der Waals surface area (Å²) in [5, 5.41) is 2.33. The highest BCUT2D eigenvalue weighted by atomic mass is 16.5. The summed E-state index contributed by atoms with van der Waals surface area (Å²) in [4.78, 5) is 14.5. The zero-order valence-corrected chi connectivity index (χ0v) is 14.6. The minimum Gasteiger partial charge on any atom is -0.497 e. The van der Waals surface area contributed by atoms with E-state index >= 15 is 0 Å². The van der Waals surface area contributed by atoms with Gasteiger partial charge in [-0.05, 0) is 40.1 Å². The second-order valence-corrected chi connectivity index (χ2v) is 6.43. The fraction of sp³-hybridized carbons (Fsp3) is 0.174. The molecule has 0 saturated heterocycles. The first-order valence-corrected chi connectivity index (χ1v) is 8.62. The number of terminal acetylenes is 1. The van der Waals surface area contributed by atoms with Crippen molar-refractivity contribution in [2.24, 2.45) is 0 Å². The summed E-state index contributed by atoms with van der Waals surface area (Å²) >= 11 is 0. The molecule has 0 spiro atoms. The molecule has 3 nitrogen and oxygen atoms in total. The van der Waals surface area contributed by atoms with Crippen molar-refractivity contribution in [3.8, 4) is 18.1 Å². The Balaban J connectivity index is 1.94. The van der Waals surface area contributed by atoms with Crippen LogP contribution in [0.2, 0.25) is 0 Å². The number of hydrogen-bond acceptors (Lipinski definition) is 2. The number of ether oxygens (including phenoxy) is 1. The molecule has 0 aliphatic carbocycles. The van der Waals surface area contributed by atoms with Gasteiger partial charge in [0.05, 0.1) is 13.7 Å². The third-order valence-electron chi connectivity index (χ3n) is 5.03. The Morgan fingerprint density at radius 3 is 2.62 bits per heavy atom. The summed E-state index contributed by atoms with van der Waals surface area (Å²) in [6, 6.07) is 20.3.